The lowest BCUT2D eigenvalue weighted by Crippen LogP contribution is -2.65. The van der Waals surface area contributed by atoms with Gasteiger partial charge in [0.25, 0.3) is 0 Å². The minimum Gasteiger partial charge on any atom is -0.342 e. The van der Waals surface area contributed by atoms with Gasteiger partial charge in [-0.25, -0.2) is 0 Å². The summed E-state index contributed by atoms with van der Waals surface area (Å²) in [5.41, 5.74) is 0.778. The van der Waals surface area contributed by atoms with Gasteiger partial charge >= 0.3 is 0 Å². The molecule has 0 spiro atoms. The summed E-state index contributed by atoms with van der Waals surface area (Å²) in [4.78, 5) is 26.3. The molecule has 2 unspecified atom stereocenters. The van der Waals surface area contributed by atoms with Gasteiger partial charge in [-0.2, -0.15) is 0 Å². The van der Waals surface area contributed by atoms with E-state index in [1.54, 1.807) is 11.9 Å². The summed E-state index contributed by atoms with van der Waals surface area (Å²) in [6.45, 7) is 5.88. The van der Waals surface area contributed by atoms with E-state index in [0.29, 0.717) is 6.42 Å². The number of piperazine rings is 1. The summed E-state index contributed by atoms with van der Waals surface area (Å²) in [6, 6.07) is 8.89. The van der Waals surface area contributed by atoms with Gasteiger partial charge in [-0.05, 0) is 11.0 Å². The Morgan fingerprint density at radius 1 is 1.15 bits per heavy atom. The van der Waals surface area contributed by atoms with Crippen molar-refractivity contribution < 1.29 is 9.59 Å². The van der Waals surface area contributed by atoms with Crippen LogP contribution in [0.2, 0.25) is 0 Å². The van der Waals surface area contributed by atoms with Crippen molar-refractivity contribution in [2.75, 3.05) is 7.05 Å². The molecule has 2 amide bonds. The standard InChI is InChI=1S/C16H22N2O2/c1-16(2,3)13-15(20)18(4)12(14(19)17-13)10-11-8-6-5-7-9-11/h5-9,12-13H,10H2,1-4H3,(H,17,19). The highest BCUT2D eigenvalue weighted by atomic mass is 16.2. The number of amides is 2. The van der Waals surface area contributed by atoms with E-state index < -0.39 is 12.1 Å². The summed E-state index contributed by atoms with van der Waals surface area (Å²) in [5.74, 6) is -0.0890. The number of nitrogens with zero attached hydrogens (tertiary/aromatic N) is 1. The largest absolute Gasteiger partial charge is 0.342 e. The van der Waals surface area contributed by atoms with Crippen LogP contribution >= 0.6 is 0 Å². The van der Waals surface area contributed by atoms with Gasteiger partial charge in [0, 0.05) is 13.5 Å². The zero-order chi connectivity index (χ0) is 14.9. The molecular weight excluding hydrogens is 252 g/mol. The molecule has 1 heterocycles. The normalized spacial score (nSPS) is 23.7. The fourth-order valence-corrected chi connectivity index (χ4v) is 2.49. The molecule has 20 heavy (non-hydrogen) atoms. The van der Waals surface area contributed by atoms with Crippen molar-refractivity contribution in [1.82, 2.24) is 10.2 Å². The van der Waals surface area contributed by atoms with E-state index in [1.807, 2.05) is 51.1 Å². The lowest BCUT2D eigenvalue weighted by Gasteiger charge is -2.41. The summed E-state index contributed by atoms with van der Waals surface area (Å²) in [7, 11) is 1.72. The van der Waals surface area contributed by atoms with Gasteiger partial charge in [-0.15, -0.1) is 0 Å². The summed E-state index contributed by atoms with van der Waals surface area (Å²) >= 11 is 0. The van der Waals surface area contributed by atoms with Crippen LogP contribution in [0, 0.1) is 5.41 Å². The second-order valence-electron chi connectivity index (χ2n) is 6.46. The van der Waals surface area contributed by atoms with Crippen LogP contribution in [0.15, 0.2) is 30.3 Å². The van der Waals surface area contributed by atoms with Gasteiger partial charge in [0.2, 0.25) is 11.8 Å². The number of carbonyl (C=O) groups excluding carboxylic acids is 2. The molecule has 0 aromatic heterocycles. The van der Waals surface area contributed by atoms with E-state index >= 15 is 0 Å². The predicted octanol–water partition coefficient (Wildman–Crippen LogP) is 1.60. The lowest BCUT2D eigenvalue weighted by atomic mass is 9.83. The van der Waals surface area contributed by atoms with E-state index in [0.717, 1.165) is 5.56 Å². The van der Waals surface area contributed by atoms with Crippen molar-refractivity contribution in [3.63, 3.8) is 0 Å². The van der Waals surface area contributed by atoms with Gasteiger partial charge < -0.3 is 10.2 Å². The molecule has 4 heteroatoms. The number of benzene rings is 1. The maximum Gasteiger partial charge on any atom is 0.246 e. The first kappa shape index (κ1) is 14.6. The van der Waals surface area contributed by atoms with Crippen LogP contribution < -0.4 is 5.32 Å². The first-order valence-corrected chi connectivity index (χ1v) is 6.91. The minimum absolute atomic E-state index is 0.0157. The molecule has 1 N–H and O–H groups in total. The quantitative estimate of drug-likeness (QED) is 0.890. The molecule has 2 rings (SSSR count). The average molecular weight is 274 g/mol. The molecule has 1 aliphatic rings. The third kappa shape index (κ3) is 2.84. The van der Waals surface area contributed by atoms with Crippen molar-refractivity contribution in [1.29, 1.82) is 0 Å². The highest BCUT2D eigenvalue weighted by Gasteiger charge is 2.43. The molecule has 4 nitrogen and oxygen atoms in total. The van der Waals surface area contributed by atoms with Crippen LogP contribution in [0.3, 0.4) is 0 Å². The molecule has 0 aliphatic carbocycles. The minimum atomic E-state index is -0.452. The molecule has 0 bridgehead atoms. The van der Waals surface area contributed by atoms with Crippen LogP contribution in [0.5, 0.6) is 0 Å². The van der Waals surface area contributed by atoms with Crippen LogP contribution in [0.4, 0.5) is 0 Å². The second kappa shape index (κ2) is 5.27. The van der Waals surface area contributed by atoms with Gasteiger partial charge in [-0.1, -0.05) is 51.1 Å². The Labute approximate surface area is 120 Å². The molecule has 108 valence electrons. The van der Waals surface area contributed by atoms with E-state index in [2.05, 4.69) is 5.32 Å². The Hall–Kier alpha value is -1.84. The van der Waals surface area contributed by atoms with Gasteiger partial charge in [-0.3, -0.25) is 9.59 Å². The number of carbonyl (C=O) groups is 2. The molecular formula is C16H22N2O2. The predicted molar refractivity (Wildman–Crippen MR) is 78.1 cm³/mol. The molecule has 0 radical (unpaired) electrons. The third-order valence-corrected chi connectivity index (χ3v) is 3.79. The van der Waals surface area contributed by atoms with E-state index in [4.69, 9.17) is 0 Å². The van der Waals surface area contributed by atoms with Crippen LogP contribution in [0.25, 0.3) is 0 Å². The first-order chi connectivity index (χ1) is 9.30. The molecule has 1 aliphatic heterocycles. The van der Waals surface area contributed by atoms with E-state index in [9.17, 15) is 9.59 Å². The zero-order valence-corrected chi connectivity index (χ0v) is 12.5. The smallest absolute Gasteiger partial charge is 0.246 e. The molecule has 2 atom stereocenters. The first-order valence-electron chi connectivity index (χ1n) is 6.91. The number of hydrogen-bond donors (Lipinski definition) is 1. The molecule has 1 fully saturated rings. The molecule has 1 aromatic rings. The summed E-state index contributed by atoms with van der Waals surface area (Å²) in [6.07, 6.45) is 0.547. The number of nitrogens with one attached hydrogen (secondary N) is 1. The fraction of sp³-hybridized carbons (Fsp3) is 0.500. The topological polar surface area (TPSA) is 49.4 Å². The SMILES string of the molecule is CN1C(=O)C(C(C)(C)C)NC(=O)C1Cc1ccccc1. The van der Waals surface area contributed by atoms with E-state index in [-0.39, 0.29) is 17.2 Å². The highest BCUT2D eigenvalue weighted by molar-refractivity contribution is 5.97. The van der Waals surface area contributed by atoms with Crippen LogP contribution in [0.1, 0.15) is 26.3 Å². The summed E-state index contributed by atoms with van der Waals surface area (Å²) in [5, 5.41) is 2.88. The maximum atomic E-state index is 12.4. The van der Waals surface area contributed by atoms with E-state index in [1.165, 1.54) is 0 Å². The van der Waals surface area contributed by atoms with Crippen molar-refractivity contribution >= 4 is 11.8 Å². The maximum absolute atomic E-state index is 12.4. The van der Waals surface area contributed by atoms with Crippen molar-refractivity contribution in [2.45, 2.75) is 39.3 Å². The fourth-order valence-electron chi connectivity index (χ4n) is 2.49. The Morgan fingerprint density at radius 3 is 2.30 bits per heavy atom. The van der Waals surface area contributed by atoms with Crippen molar-refractivity contribution in [3.8, 4) is 0 Å². The van der Waals surface area contributed by atoms with Crippen molar-refractivity contribution in [3.05, 3.63) is 35.9 Å². The Balaban J connectivity index is 2.18. The molecule has 0 saturated carbocycles. The monoisotopic (exact) mass is 274 g/mol. The average Bonchev–Trinajstić information content (AvgIpc) is 2.39. The zero-order valence-electron chi connectivity index (χ0n) is 12.5. The lowest BCUT2D eigenvalue weighted by molar-refractivity contribution is -0.150. The summed E-state index contributed by atoms with van der Waals surface area (Å²) < 4.78 is 0. The number of rotatable bonds is 2. The Bertz CT molecular complexity index is 505. The van der Waals surface area contributed by atoms with Gasteiger partial charge in [0.1, 0.15) is 12.1 Å². The Morgan fingerprint density at radius 2 is 1.75 bits per heavy atom. The van der Waals surface area contributed by atoms with Crippen LogP contribution in [-0.4, -0.2) is 35.8 Å². The number of likely N-dealkylation sites (N-methyl/N-ethyl adjacent to an activating group) is 1. The van der Waals surface area contributed by atoms with Crippen LogP contribution in [-0.2, 0) is 16.0 Å². The number of hydrogen-bond acceptors (Lipinski definition) is 2. The van der Waals surface area contributed by atoms with Gasteiger partial charge in [0.05, 0.1) is 0 Å². The second-order valence-corrected chi connectivity index (χ2v) is 6.46. The van der Waals surface area contributed by atoms with Gasteiger partial charge in [0.15, 0.2) is 0 Å². The Kier molecular flexibility index (Phi) is 3.84. The highest BCUT2D eigenvalue weighted by Crippen LogP contribution is 2.25. The third-order valence-electron chi connectivity index (χ3n) is 3.79. The molecule has 1 aromatic carbocycles. The van der Waals surface area contributed by atoms with Crippen molar-refractivity contribution in [2.24, 2.45) is 5.41 Å². The molecule has 1 saturated heterocycles.